The maximum absolute atomic E-state index is 8.90. The first-order chi connectivity index (χ1) is 6.77. The number of nitrogens with zero attached hydrogens (tertiary/aromatic N) is 1. The van der Waals surface area contributed by atoms with Crippen molar-refractivity contribution in [3.8, 4) is 11.1 Å². The number of aliphatic hydroxyl groups is 2. The van der Waals surface area contributed by atoms with Crippen LogP contribution in [0, 0.1) is 0 Å². The molecule has 0 aliphatic heterocycles. The van der Waals surface area contributed by atoms with Crippen LogP contribution in [-0.4, -0.2) is 20.2 Å². The van der Waals surface area contributed by atoms with Crippen LogP contribution in [0.25, 0.3) is 11.1 Å². The minimum absolute atomic E-state index is 0.386. The molecule has 0 fully saturated rings. The molecule has 0 aliphatic rings. The van der Waals surface area contributed by atoms with Gasteiger partial charge < -0.3 is 15.2 Å². The number of aromatic amines is 1. The van der Waals surface area contributed by atoms with Crippen molar-refractivity contribution in [3.63, 3.8) is 0 Å². The van der Waals surface area contributed by atoms with E-state index in [1.54, 1.807) is 24.7 Å². The lowest BCUT2D eigenvalue weighted by Gasteiger charge is -1.97. The van der Waals surface area contributed by atoms with E-state index in [0.717, 1.165) is 11.1 Å². The van der Waals surface area contributed by atoms with Crippen LogP contribution < -0.4 is 0 Å². The SMILES string of the molecule is OC(O)c1cc(-c2ccncc2)c[nH]1. The van der Waals surface area contributed by atoms with E-state index in [4.69, 9.17) is 10.2 Å². The molecule has 0 aromatic carbocycles. The molecule has 0 bridgehead atoms. The second-order valence-electron chi connectivity index (χ2n) is 2.95. The summed E-state index contributed by atoms with van der Waals surface area (Å²) in [5.74, 6) is 0. The van der Waals surface area contributed by atoms with Crippen molar-refractivity contribution < 1.29 is 10.2 Å². The highest BCUT2D eigenvalue weighted by molar-refractivity contribution is 5.62. The molecule has 2 heterocycles. The maximum Gasteiger partial charge on any atom is 0.193 e. The Morgan fingerprint density at radius 1 is 1.14 bits per heavy atom. The van der Waals surface area contributed by atoms with Crippen LogP contribution in [0.4, 0.5) is 0 Å². The molecule has 0 saturated carbocycles. The van der Waals surface area contributed by atoms with Gasteiger partial charge in [0.05, 0.1) is 5.69 Å². The Labute approximate surface area is 80.9 Å². The van der Waals surface area contributed by atoms with E-state index in [1.807, 2.05) is 12.1 Å². The average Bonchev–Trinajstić information content (AvgIpc) is 2.68. The Morgan fingerprint density at radius 2 is 1.86 bits per heavy atom. The van der Waals surface area contributed by atoms with Gasteiger partial charge in [0, 0.05) is 18.6 Å². The van der Waals surface area contributed by atoms with Crippen molar-refractivity contribution in [2.75, 3.05) is 0 Å². The molecule has 0 radical (unpaired) electrons. The number of aliphatic hydroxyl groups excluding tert-OH is 1. The number of hydrogen-bond acceptors (Lipinski definition) is 3. The molecule has 0 spiro atoms. The van der Waals surface area contributed by atoms with Crippen LogP contribution >= 0.6 is 0 Å². The van der Waals surface area contributed by atoms with Gasteiger partial charge in [0.1, 0.15) is 0 Å². The minimum Gasteiger partial charge on any atom is -0.363 e. The second kappa shape index (κ2) is 3.61. The molecule has 2 aromatic heterocycles. The molecule has 4 heteroatoms. The summed E-state index contributed by atoms with van der Waals surface area (Å²) in [7, 11) is 0. The predicted octanol–water partition coefficient (Wildman–Crippen LogP) is 1.06. The number of pyridine rings is 1. The van der Waals surface area contributed by atoms with Crippen LogP contribution in [0.2, 0.25) is 0 Å². The molecule has 14 heavy (non-hydrogen) atoms. The van der Waals surface area contributed by atoms with Gasteiger partial charge in [-0.2, -0.15) is 0 Å². The topological polar surface area (TPSA) is 69.1 Å². The van der Waals surface area contributed by atoms with Crippen LogP contribution in [-0.2, 0) is 0 Å². The van der Waals surface area contributed by atoms with E-state index in [2.05, 4.69) is 9.97 Å². The zero-order valence-electron chi connectivity index (χ0n) is 7.38. The summed E-state index contributed by atoms with van der Waals surface area (Å²) >= 11 is 0. The Morgan fingerprint density at radius 3 is 2.43 bits per heavy atom. The third-order valence-electron chi connectivity index (χ3n) is 2.00. The lowest BCUT2D eigenvalue weighted by Crippen LogP contribution is -1.93. The monoisotopic (exact) mass is 190 g/mol. The molecular weight excluding hydrogens is 180 g/mol. The Kier molecular flexibility index (Phi) is 2.30. The van der Waals surface area contributed by atoms with Crippen molar-refractivity contribution in [2.45, 2.75) is 6.29 Å². The molecule has 0 amide bonds. The first kappa shape index (κ1) is 8.93. The quantitative estimate of drug-likeness (QED) is 0.620. The highest BCUT2D eigenvalue weighted by Gasteiger charge is 2.06. The van der Waals surface area contributed by atoms with Gasteiger partial charge in [0.2, 0.25) is 0 Å². The van der Waals surface area contributed by atoms with Crippen molar-refractivity contribution in [1.82, 2.24) is 9.97 Å². The van der Waals surface area contributed by atoms with Gasteiger partial charge in [-0.25, -0.2) is 0 Å². The molecule has 72 valence electrons. The lowest BCUT2D eigenvalue weighted by molar-refractivity contribution is -0.0454. The van der Waals surface area contributed by atoms with E-state index >= 15 is 0 Å². The summed E-state index contributed by atoms with van der Waals surface area (Å²) in [6.07, 6.45) is 3.66. The number of H-pyrrole nitrogens is 1. The van der Waals surface area contributed by atoms with Gasteiger partial charge in [0.25, 0.3) is 0 Å². The van der Waals surface area contributed by atoms with Crippen molar-refractivity contribution in [1.29, 1.82) is 0 Å². The van der Waals surface area contributed by atoms with Crippen molar-refractivity contribution in [3.05, 3.63) is 42.5 Å². The molecule has 4 nitrogen and oxygen atoms in total. The first-order valence-corrected chi connectivity index (χ1v) is 4.22. The fourth-order valence-corrected chi connectivity index (χ4v) is 1.27. The number of rotatable bonds is 2. The molecule has 2 rings (SSSR count). The van der Waals surface area contributed by atoms with Gasteiger partial charge in [-0.3, -0.25) is 4.98 Å². The summed E-state index contributed by atoms with van der Waals surface area (Å²) in [4.78, 5) is 6.69. The van der Waals surface area contributed by atoms with Gasteiger partial charge in [-0.1, -0.05) is 0 Å². The Bertz CT molecular complexity index is 409. The fourth-order valence-electron chi connectivity index (χ4n) is 1.27. The third-order valence-corrected chi connectivity index (χ3v) is 2.00. The second-order valence-corrected chi connectivity index (χ2v) is 2.95. The van der Waals surface area contributed by atoms with E-state index in [0.29, 0.717) is 5.69 Å². The van der Waals surface area contributed by atoms with E-state index in [1.165, 1.54) is 0 Å². The number of nitrogens with one attached hydrogen (secondary N) is 1. The number of aromatic nitrogens is 2. The molecule has 3 N–H and O–H groups in total. The largest absolute Gasteiger partial charge is 0.363 e. The fraction of sp³-hybridized carbons (Fsp3) is 0.100. The summed E-state index contributed by atoms with van der Waals surface area (Å²) in [5.41, 5.74) is 2.29. The molecular formula is C10H10N2O2. The summed E-state index contributed by atoms with van der Waals surface area (Å²) in [6.45, 7) is 0. The van der Waals surface area contributed by atoms with Crippen LogP contribution in [0.1, 0.15) is 12.0 Å². The van der Waals surface area contributed by atoms with E-state index in [-0.39, 0.29) is 0 Å². The van der Waals surface area contributed by atoms with Crippen molar-refractivity contribution in [2.24, 2.45) is 0 Å². The Balaban J connectivity index is 2.34. The molecule has 0 unspecified atom stereocenters. The average molecular weight is 190 g/mol. The Hall–Kier alpha value is -1.65. The molecule has 0 aliphatic carbocycles. The normalized spacial score (nSPS) is 10.8. The van der Waals surface area contributed by atoms with E-state index in [9.17, 15) is 0 Å². The first-order valence-electron chi connectivity index (χ1n) is 4.22. The third kappa shape index (κ3) is 1.66. The van der Waals surface area contributed by atoms with Crippen LogP contribution in [0.5, 0.6) is 0 Å². The maximum atomic E-state index is 8.90. The molecule has 0 saturated heterocycles. The summed E-state index contributed by atoms with van der Waals surface area (Å²) in [5, 5.41) is 17.8. The zero-order chi connectivity index (χ0) is 9.97. The van der Waals surface area contributed by atoms with Gasteiger partial charge >= 0.3 is 0 Å². The van der Waals surface area contributed by atoms with Crippen molar-refractivity contribution >= 4 is 0 Å². The lowest BCUT2D eigenvalue weighted by atomic mass is 10.1. The number of hydrogen-bond donors (Lipinski definition) is 3. The van der Waals surface area contributed by atoms with Gasteiger partial charge in [0.15, 0.2) is 6.29 Å². The molecule has 2 aromatic rings. The zero-order valence-corrected chi connectivity index (χ0v) is 7.38. The standard InChI is InChI=1S/C10H10N2O2/c13-10(14)9-5-8(6-12-9)7-1-3-11-4-2-7/h1-6,10,12-14H. The van der Waals surface area contributed by atoms with Gasteiger partial charge in [-0.15, -0.1) is 0 Å². The van der Waals surface area contributed by atoms with Crippen LogP contribution in [0.15, 0.2) is 36.8 Å². The summed E-state index contributed by atoms with van der Waals surface area (Å²) < 4.78 is 0. The molecule has 0 atom stereocenters. The minimum atomic E-state index is -1.45. The predicted molar refractivity (Wildman–Crippen MR) is 51.2 cm³/mol. The van der Waals surface area contributed by atoms with E-state index < -0.39 is 6.29 Å². The summed E-state index contributed by atoms with van der Waals surface area (Å²) in [6, 6.07) is 5.41. The highest BCUT2D eigenvalue weighted by Crippen LogP contribution is 2.21. The smallest absolute Gasteiger partial charge is 0.193 e. The van der Waals surface area contributed by atoms with Crippen LogP contribution in [0.3, 0.4) is 0 Å². The highest BCUT2D eigenvalue weighted by atomic mass is 16.5. The van der Waals surface area contributed by atoms with Gasteiger partial charge in [-0.05, 0) is 29.3 Å².